The van der Waals surface area contributed by atoms with Gasteiger partial charge >= 0.3 is 0 Å². The molecule has 5 heteroatoms. The maximum Gasteiger partial charge on any atom is 0.194 e. The van der Waals surface area contributed by atoms with E-state index in [4.69, 9.17) is 12.2 Å². The highest BCUT2D eigenvalue weighted by Gasteiger charge is 2.29. The number of carbonyl (C=O) groups is 2. The predicted octanol–water partition coefficient (Wildman–Crippen LogP) is 5.11. The number of thiocarbonyl (C=S) groups is 1. The number of hydrogen-bond donors (Lipinski definition) is 2. The Morgan fingerprint density at radius 3 is 2.14 bits per heavy atom. The second-order valence-electron chi connectivity index (χ2n) is 7.11. The van der Waals surface area contributed by atoms with Crippen molar-refractivity contribution in [2.75, 3.05) is 11.9 Å². The fourth-order valence-corrected chi connectivity index (χ4v) is 3.68. The molecule has 0 fully saturated rings. The van der Waals surface area contributed by atoms with Gasteiger partial charge in [-0.1, -0.05) is 63.3 Å². The Balaban J connectivity index is 1.58. The summed E-state index contributed by atoms with van der Waals surface area (Å²) in [6.45, 7) is 3.04. The molecule has 0 atom stereocenters. The van der Waals surface area contributed by atoms with Crippen molar-refractivity contribution in [3.63, 3.8) is 0 Å². The first-order chi connectivity index (χ1) is 13.6. The number of ketones is 2. The standard InChI is InChI=1S/C23H26N2O2S/c1-2-3-4-5-6-9-14-24-23(28)25-16-12-13-19-20(15-16)22(27)18-11-8-7-10-17(18)21(19)26/h7-8,10-13,15H,2-6,9,14H2,1H3,(H2,24,25,28). The van der Waals surface area contributed by atoms with Crippen molar-refractivity contribution in [2.45, 2.75) is 45.4 Å². The highest BCUT2D eigenvalue weighted by Crippen LogP contribution is 2.29. The smallest absolute Gasteiger partial charge is 0.194 e. The van der Waals surface area contributed by atoms with Gasteiger partial charge in [0.1, 0.15) is 0 Å². The van der Waals surface area contributed by atoms with E-state index in [0.717, 1.165) is 13.0 Å². The lowest BCUT2D eigenvalue weighted by molar-refractivity contribution is 0.0979. The van der Waals surface area contributed by atoms with Gasteiger partial charge in [-0.3, -0.25) is 9.59 Å². The lowest BCUT2D eigenvalue weighted by Gasteiger charge is -2.18. The summed E-state index contributed by atoms with van der Waals surface area (Å²) in [5.74, 6) is -0.236. The average Bonchev–Trinajstić information content (AvgIpc) is 2.71. The van der Waals surface area contributed by atoms with Gasteiger partial charge in [0.2, 0.25) is 0 Å². The van der Waals surface area contributed by atoms with Crippen LogP contribution >= 0.6 is 12.2 Å². The summed E-state index contributed by atoms with van der Waals surface area (Å²) in [5.41, 5.74) is 2.50. The summed E-state index contributed by atoms with van der Waals surface area (Å²) in [7, 11) is 0. The predicted molar refractivity (Wildman–Crippen MR) is 117 cm³/mol. The van der Waals surface area contributed by atoms with Gasteiger partial charge in [0.05, 0.1) is 0 Å². The molecule has 0 aromatic heterocycles. The molecule has 3 rings (SSSR count). The van der Waals surface area contributed by atoms with E-state index in [1.54, 1.807) is 42.5 Å². The summed E-state index contributed by atoms with van der Waals surface area (Å²) in [6, 6.07) is 12.2. The van der Waals surface area contributed by atoms with Gasteiger partial charge in [-0.05, 0) is 36.8 Å². The van der Waals surface area contributed by atoms with E-state index in [0.29, 0.717) is 33.1 Å². The third-order valence-corrected chi connectivity index (χ3v) is 5.25. The minimum atomic E-state index is -0.125. The highest BCUT2D eigenvalue weighted by atomic mass is 32.1. The Bertz CT molecular complexity index is 892. The molecule has 0 spiro atoms. The number of hydrogen-bond acceptors (Lipinski definition) is 3. The minimum absolute atomic E-state index is 0.111. The van der Waals surface area contributed by atoms with E-state index in [1.165, 1.54) is 32.1 Å². The molecule has 28 heavy (non-hydrogen) atoms. The van der Waals surface area contributed by atoms with Crippen LogP contribution in [0.25, 0.3) is 0 Å². The molecule has 0 saturated heterocycles. The van der Waals surface area contributed by atoms with Crippen LogP contribution in [0.3, 0.4) is 0 Å². The van der Waals surface area contributed by atoms with E-state index in [-0.39, 0.29) is 11.6 Å². The monoisotopic (exact) mass is 394 g/mol. The molecule has 0 radical (unpaired) electrons. The minimum Gasteiger partial charge on any atom is -0.362 e. The number of carbonyl (C=O) groups excluding carboxylic acids is 2. The van der Waals surface area contributed by atoms with Crippen LogP contribution < -0.4 is 10.6 Å². The average molecular weight is 395 g/mol. The molecule has 2 aromatic rings. The molecule has 0 amide bonds. The van der Waals surface area contributed by atoms with Crippen LogP contribution in [0, 0.1) is 0 Å². The molecule has 0 aliphatic heterocycles. The zero-order chi connectivity index (χ0) is 19.9. The lowest BCUT2D eigenvalue weighted by Crippen LogP contribution is -2.29. The summed E-state index contributed by atoms with van der Waals surface area (Å²) >= 11 is 5.35. The van der Waals surface area contributed by atoms with Crippen molar-refractivity contribution in [3.8, 4) is 0 Å². The number of benzene rings is 2. The summed E-state index contributed by atoms with van der Waals surface area (Å²) < 4.78 is 0. The summed E-state index contributed by atoms with van der Waals surface area (Å²) in [4.78, 5) is 25.4. The van der Waals surface area contributed by atoms with Gasteiger partial charge in [0.25, 0.3) is 0 Å². The van der Waals surface area contributed by atoms with E-state index < -0.39 is 0 Å². The number of fused-ring (bicyclic) bond motifs is 2. The van der Waals surface area contributed by atoms with Crippen LogP contribution in [0.5, 0.6) is 0 Å². The first kappa shape index (κ1) is 20.2. The second kappa shape index (κ2) is 9.60. The molecule has 2 aromatic carbocycles. The third kappa shape index (κ3) is 4.65. The van der Waals surface area contributed by atoms with Crippen LogP contribution in [-0.2, 0) is 0 Å². The fraction of sp³-hybridized carbons (Fsp3) is 0.348. The Labute approximate surface area is 171 Å². The molecule has 4 nitrogen and oxygen atoms in total. The van der Waals surface area contributed by atoms with Crippen LogP contribution in [0.15, 0.2) is 42.5 Å². The Hall–Kier alpha value is -2.53. The number of nitrogens with one attached hydrogen (secondary N) is 2. The molecule has 0 heterocycles. The van der Waals surface area contributed by atoms with Gasteiger partial charge in [0, 0.05) is 34.5 Å². The van der Waals surface area contributed by atoms with Crippen molar-refractivity contribution >= 4 is 34.6 Å². The third-order valence-electron chi connectivity index (χ3n) is 5.00. The molecule has 1 aliphatic carbocycles. The topological polar surface area (TPSA) is 58.2 Å². The van der Waals surface area contributed by atoms with Crippen molar-refractivity contribution in [3.05, 3.63) is 64.7 Å². The maximum atomic E-state index is 12.8. The first-order valence-corrected chi connectivity index (χ1v) is 10.4. The Morgan fingerprint density at radius 2 is 1.43 bits per heavy atom. The van der Waals surface area contributed by atoms with Crippen molar-refractivity contribution < 1.29 is 9.59 Å². The number of unbranched alkanes of at least 4 members (excludes halogenated alkanes) is 5. The van der Waals surface area contributed by atoms with E-state index in [2.05, 4.69) is 17.6 Å². The van der Waals surface area contributed by atoms with Crippen molar-refractivity contribution in [1.29, 1.82) is 0 Å². The molecular weight excluding hydrogens is 368 g/mol. The van der Waals surface area contributed by atoms with Crippen molar-refractivity contribution in [1.82, 2.24) is 5.32 Å². The van der Waals surface area contributed by atoms with E-state index in [9.17, 15) is 9.59 Å². The highest BCUT2D eigenvalue weighted by molar-refractivity contribution is 7.80. The molecule has 2 N–H and O–H groups in total. The fourth-order valence-electron chi connectivity index (χ4n) is 3.46. The maximum absolute atomic E-state index is 12.8. The second-order valence-corrected chi connectivity index (χ2v) is 7.52. The number of rotatable bonds is 8. The van der Waals surface area contributed by atoms with Crippen LogP contribution in [0.2, 0.25) is 0 Å². The Kier molecular flexibility index (Phi) is 6.93. The molecule has 0 saturated carbocycles. The largest absolute Gasteiger partial charge is 0.362 e. The molecular formula is C23H26N2O2S. The Morgan fingerprint density at radius 1 is 0.821 bits per heavy atom. The van der Waals surface area contributed by atoms with E-state index >= 15 is 0 Å². The van der Waals surface area contributed by atoms with Gasteiger partial charge in [-0.25, -0.2) is 0 Å². The van der Waals surface area contributed by atoms with Gasteiger partial charge in [0.15, 0.2) is 16.7 Å². The molecule has 146 valence electrons. The lowest BCUT2D eigenvalue weighted by atomic mass is 9.84. The zero-order valence-electron chi connectivity index (χ0n) is 16.2. The summed E-state index contributed by atoms with van der Waals surface area (Å²) in [5, 5.41) is 6.86. The molecule has 1 aliphatic rings. The van der Waals surface area contributed by atoms with Gasteiger partial charge in [-0.2, -0.15) is 0 Å². The normalized spacial score (nSPS) is 12.3. The van der Waals surface area contributed by atoms with Crippen LogP contribution in [0.1, 0.15) is 77.3 Å². The van der Waals surface area contributed by atoms with Crippen molar-refractivity contribution in [2.24, 2.45) is 0 Å². The van der Waals surface area contributed by atoms with Gasteiger partial charge in [-0.15, -0.1) is 0 Å². The van der Waals surface area contributed by atoms with Gasteiger partial charge < -0.3 is 10.6 Å². The first-order valence-electron chi connectivity index (χ1n) is 9.99. The quantitative estimate of drug-likeness (QED) is 0.411. The van der Waals surface area contributed by atoms with Crippen LogP contribution in [-0.4, -0.2) is 23.2 Å². The van der Waals surface area contributed by atoms with E-state index in [1.807, 2.05) is 0 Å². The number of anilines is 1. The SMILES string of the molecule is CCCCCCCCNC(=S)Nc1ccc2c(c1)C(=O)c1ccccc1C2=O. The molecule has 0 bridgehead atoms. The summed E-state index contributed by atoms with van der Waals surface area (Å²) in [6.07, 6.45) is 7.40. The van der Waals surface area contributed by atoms with Crippen LogP contribution in [0.4, 0.5) is 5.69 Å². The zero-order valence-corrected chi connectivity index (χ0v) is 17.0. The molecule has 0 unspecified atom stereocenters.